The van der Waals surface area contributed by atoms with Gasteiger partial charge in [0.25, 0.3) is 5.91 Å². The molecule has 1 fully saturated rings. The van der Waals surface area contributed by atoms with Crippen LogP contribution < -0.4 is 0 Å². The molecule has 0 atom stereocenters. The Bertz CT molecular complexity index is 1280. The number of piperazine rings is 1. The van der Waals surface area contributed by atoms with Crippen molar-refractivity contribution in [1.82, 2.24) is 14.4 Å². The second-order valence-corrected chi connectivity index (χ2v) is 9.11. The molecule has 2 heterocycles. The van der Waals surface area contributed by atoms with Crippen molar-refractivity contribution in [3.63, 3.8) is 0 Å². The molecule has 1 saturated heterocycles. The van der Waals surface area contributed by atoms with Crippen LogP contribution in [0.4, 0.5) is 13.2 Å². The van der Waals surface area contributed by atoms with Gasteiger partial charge >= 0.3 is 6.18 Å². The molecule has 3 aromatic rings. The molecule has 1 aliphatic heterocycles. The summed E-state index contributed by atoms with van der Waals surface area (Å²) in [6, 6.07) is 8.57. The average molecular weight is 512 g/mol. The maximum absolute atomic E-state index is 13.1. The van der Waals surface area contributed by atoms with Gasteiger partial charge in [-0.3, -0.25) is 9.59 Å². The number of benzene rings is 2. The highest BCUT2D eigenvalue weighted by Gasteiger charge is 2.31. The Kier molecular flexibility index (Phi) is 6.57. The van der Waals surface area contributed by atoms with Crippen LogP contribution in [0.5, 0.6) is 0 Å². The van der Waals surface area contributed by atoms with Crippen molar-refractivity contribution in [3.8, 4) is 0 Å². The zero-order chi connectivity index (χ0) is 24.8. The molecule has 0 unspecified atom stereocenters. The molecule has 0 spiro atoms. The molecular weight excluding hydrogens is 490 g/mol. The van der Waals surface area contributed by atoms with Crippen LogP contribution in [0.2, 0.25) is 10.0 Å². The van der Waals surface area contributed by atoms with Gasteiger partial charge in [-0.2, -0.15) is 13.2 Å². The molecule has 2 aromatic carbocycles. The average Bonchev–Trinajstić information content (AvgIpc) is 3.10. The van der Waals surface area contributed by atoms with Crippen LogP contribution in [-0.4, -0.2) is 52.4 Å². The first-order valence-electron chi connectivity index (χ1n) is 10.6. The van der Waals surface area contributed by atoms with E-state index in [0.29, 0.717) is 58.9 Å². The predicted octanol–water partition coefficient (Wildman–Crippen LogP) is 5.40. The highest BCUT2D eigenvalue weighted by molar-refractivity contribution is 6.38. The van der Waals surface area contributed by atoms with Crippen LogP contribution in [0.1, 0.15) is 34.1 Å². The van der Waals surface area contributed by atoms with E-state index in [9.17, 15) is 22.8 Å². The molecule has 1 aliphatic rings. The molecule has 5 nitrogen and oxygen atoms in total. The lowest BCUT2D eigenvalue weighted by molar-refractivity contribution is -0.137. The van der Waals surface area contributed by atoms with Crippen LogP contribution in [0, 0.1) is 0 Å². The molecule has 0 aliphatic carbocycles. The van der Waals surface area contributed by atoms with Crippen LogP contribution in [0.3, 0.4) is 0 Å². The number of hydrogen-bond donors (Lipinski definition) is 0. The maximum Gasteiger partial charge on any atom is 0.416 e. The van der Waals surface area contributed by atoms with Crippen LogP contribution >= 0.6 is 23.2 Å². The van der Waals surface area contributed by atoms with Crippen molar-refractivity contribution in [3.05, 3.63) is 68.8 Å². The van der Waals surface area contributed by atoms with Gasteiger partial charge in [0.05, 0.1) is 16.1 Å². The van der Waals surface area contributed by atoms with Crippen molar-refractivity contribution in [2.45, 2.75) is 19.5 Å². The van der Waals surface area contributed by atoms with Crippen molar-refractivity contribution in [2.24, 2.45) is 7.05 Å². The Morgan fingerprint density at radius 1 is 0.971 bits per heavy atom. The standard InChI is InChI=1S/C24H22Cl2F3N3O2/c1-14(33)31-7-9-32(10-8-31)23(34)18-5-6-20(25)19(22(18)26)13-17-11-15-3-4-16(24(27,28)29)12-21(15)30(17)2/h3-6,11-12H,7-10,13H2,1-2H3. The van der Waals surface area contributed by atoms with Gasteiger partial charge in [0.15, 0.2) is 0 Å². The van der Waals surface area contributed by atoms with E-state index in [1.54, 1.807) is 39.6 Å². The monoisotopic (exact) mass is 511 g/mol. The van der Waals surface area contributed by atoms with Gasteiger partial charge in [-0.25, -0.2) is 0 Å². The van der Waals surface area contributed by atoms with E-state index in [4.69, 9.17) is 23.2 Å². The van der Waals surface area contributed by atoms with E-state index >= 15 is 0 Å². The summed E-state index contributed by atoms with van der Waals surface area (Å²) in [7, 11) is 1.68. The van der Waals surface area contributed by atoms with Gasteiger partial charge in [0.2, 0.25) is 5.91 Å². The summed E-state index contributed by atoms with van der Waals surface area (Å²) in [5.41, 5.74) is 1.25. The molecule has 180 valence electrons. The number of amides is 2. The third-order valence-electron chi connectivity index (χ3n) is 6.26. The highest BCUT2D eigenvalue weighted by atomic mass is 35.5. The third-order valence-corrected chi connectivity index (χ3v) is 7.04. The fraction of sp³-hybridized carbons (Fsp3) is 0.333. The molecule has 0 bridgehead atoms. The minimum absolute atomic E-state index is 0.0313. The zero-order valence-electron chi connectivity index (χ0n) is 18.5. The largest absolute Gasteiger partial charge is 0.416 e. The SMILES string of the molecule is CC(=O)N1CCN(C(=O)c2ccc(Cl)c(Cc3cc4ccc(C(F)(F)F)cc4n3C)c2Cl)CC1. The number of carbonyl (C=O) groups is 2. The lowest BCUT2D eigenvalue weighted by Gasteiger charge is -2.34. The van der Waals surface area contributed by atoms with E-state index in [1.807, 2.05) is 0 Å². The van der Waals surface area contributed by atoms with Crippen molar-refractivity contribution in [1.29, 1.82) is 0 Å². The van der Waals surface area contributed by atoms with Gasteiger partial charge in [0, 0.05) is 62.8 Å². The van der Waals surface area contributed by atoms with Crippen molar-refractivity contribution in [2.75, 3.05) is 26.2 Å². The minimum atomic E-state index is -4.43. The van der Waals surface area contributed by atoms with Crippen LogP contribution in [0.15, 0.2) is 36.4 Å². The molecule has 0 N–H and O–H groups in total. The summed E-state index contributed by atoms with van der Waals surface area (Å²) in [5, 5.41) is 1.24. The number of alkyl halides is 3. The van der Waals surface area contributed by atoms with Gasteiger partial charge in [-0.15, -0.1) is 0 Å². The third kappa shape index (κ3) is 4.61. The number of aromatic nitrogens is 1. The normalized spacial score (nSPS) is 14.7. The quantitative estimate of drug-likeness (QED) is 0.472. The summed E-state index contributed by atoms with van der Waals surface area (Å²) in [5.74, 6) is -0.283. The highest BCUT2D eigenvalue weighted by Crippen LogP contribution is 2.35. The van der Waals surface area contributed by atoms with Crippen LogP contribution in [-0.2, 0) is 24.4 Å². The molecule has 1 aromatic heterocycles. The Hall–Kier alpha value is -2.71. The molecule has 34 heavy (non-hydrogen) atoms. The summed E-state index contributed by atoms with van der Waals surface area (Å²) in [6.45, 7) is 3.20. The van der Waals surface area contributed by atoms with Gasteiger partial charge in [-0.05, 0) is 41.3 Å². The van der Waals surface area contributed by atoms with Crippen molar-refractivity contribution < 1.29 is 22.8 Å². The summed E-state index contributed by atoms with van der Waals surface area (Å²) < 4.78 is 41.1. The van der Waals surface area contributed by atoms with Gasteiger partial charge in [0.1, 0.15) is 0 Å². The number of fused-ring (bicyclic) bond motifs is 1. The Morgan fingerprint density at radius 3 is 2.24 bits per heavy atom. The number of hydrogen-bond acceptors (Lipinski definition) is 2. The predicted molar refractivity (Wildman–Crippen MR) is 125 cm³/mol. The minimum Gasteiger partial charge on any atom is -0.347 e. The fourth-order valence-electron chi connectivity index (χ4n) is 4.23. The Balaban J connectivity index is 1.63. The summed E-state index contributed by atoms with van der Waals surface area (Å²) in [6.07, 6.45) is -4.20. The summed E-state index contributed by atoms with van der Waals surface area (Å²) >= 11 is 13.1. The van der Waals surface area contributed by atoms with E-state index in [-0.39, 0.29) is 23.3 Å². The smallest absolute Gasteiger partial charge is 0.347 e. The molecule has 0 radical (unpaired) electrons. The second-order valence-electron chi connectivity index (χ2n) is 8.33. The molecule has 10 heteroatoms. The first-order valence-corrected chi connectivity index (χ1v) is 11.4. The maximum atomic E-state index is 13.1. The molecule has 0 saturated carbocycles. The molecule has 2 amide bonds. The van der Waals surface area contributed by atoms with E-state index in [1.165, 1.54) is 13.0 Å². The topological polar surface area (TPSA) is 45.6 Å². The Labute approximate surface area is 204 Å². The lowest BCUT2D eigenvalue weighted by atomic mass is 10.0. The molecular formula is C24H22Cl2F3N3O2. The number of aryl methyl sites for hydroxylation is 1. The number of nitrogens with zero attached hydrogens (tertiary/aromatic N) is 3. The van der Waals surface area contributed by atoms with Gasteiger partial charge < -0.3 is 14.4 Å². The Morgan fingerprint density at radius 2 is 1.62 bits per heavy atom. The fourth-order valence-corrected chi connectivity index (χ4v) is 4.82. The number of halogens is 5. The lowest BCUT2D eigenvalue weighted by Crippen LogP contribution is -2.50. The first kappa shape index (κ1) is 24.4. The van der Waals surface area contributed by atoms with E-state index in [2.05, 4.69) is 0 Å². The number of carbonyl (C=O) groups excluding carboxylic acids is 2. The van der Waals surface area contributed by atoms with Crippen LogP contribution in [0.25, 0.3) is 10.9 Å². The number of rotatable bonds is 3. The van der Waals surface area contributed by atoms with Gasteiger partial charge in [-0.1, -0.05) is 29.3 Å². The first-order chi connectivity index (χ1) is 16.0. The van der Waals surface area contributed by atoms with Crippen molar-refractivity contribution >= 4 is 45.9 Å². The zero-order valence-corrected chi connectivity index (χ0v) is 20.1. The molecule has 4 rings (SSSR count). The summed E-state index contributed by atoms with van der Waals surface area (Å²) in [4.78, 5) is 28.0. The van der Waals surface area contributed by atoms with E-state index in [0.717, 1.165) is 12.1 Å². The second kappa shape index (κ2) is 9.15. The van der Waals surface area contributed by atoms with E-state index < -0.39 is 11.7 Å².